The lowest BCUT2D eigenvalue weighted by Crippen LogP contribution is -2.27. The molecule has 0 unspecified atom stereocenters. The first-order valence-electron chi connectivity index (χ1n) is 11.6. The van der Waals surface area contributed by atoms with Crippen LogP contribution in [0.3, 0.4) is 0 Å². The Morgan fingerprint density at radius 3 is 2.31 bits per heavy atom. The van der Waals surface area contributed by atoms with Crippen LogP contribution in [0.15, 0.2) is 42.5 Å². The zero-order chi connectivity index (χ0) is 22.8. The predicted molar refractivity (Wildman–Crippen MR) is 120 cm³/mol. The Morgan fingerprint density at radius 2 is 1.66 bits per heavy atom. The molecule has 0 bridgehead atoms. The monoisotopic (exact) mass is 444 g/mol. The van der Waals surface area contributed by atoms with Crippen LogP contribution in [-0.4, -0.2) is 25.8 Å². The van der Waals surface area contributed by atoms with Crippen molar-refractivity contribution in [2.45, 2.75) is 58.7 Å². The van der Waals surface area contributed by atoms with E-state index in [1.165, 1.54) is 31.4 Å². The molecule has 1 aliphatic heterocycles. The van der Waals surface area contributed by atoms with E-state index in [9.17, 15) is 9.18 Å². The number of rotatable bonds is 11. The van der Waals surface area contributed by atoms with Gasteiger partial charge in [0.2, 0.25) is 0 Å². The zero-order valence-electron chi connectivity index (χ0n) is 19.0. The molecule has 1 heterocycles. The van der Waals surface area contributed by atoms with Crippen molar-refractivity contribution in [3.05, 3.63) is 59.4 Å². The fourth-order valence-electron chi connectivity index (χ4n) is 3.47. The van der Waals surface area contributed by atoms with Crippen LogP contribution in [0, 0.1) is 11.7 Å². The second kappa shape index (κ2) is 12.6. The maximum atomic E-state index is 14.6. The molecule has 0 aliphatic carbocycles. The highest BCUT2D eigenvalue weighted by atomic mass is 19.1. The summed E-state index contributed by atoms with van der Waals surface area (Å²) in [6.07, 6.45) is 6.10. The summed E-state index contributed by atoms with van der Waals surface area (Å²) < 4.78 is 36.9. The largest absolute Gasteiger partial charge is 0.494 e. The van der Waals surface area contributed by atoms with Crippen LogP contribution in [-0.2, 0) is 9.47 Å². The smallest absolute Gasteiger partial charge is 0.343 e. The third-order valence-electron chi connectivity index (χ3n) is 5.58. The number of hydrogen-bond acceptors (Lipinski definition) is 5. The zero-order valence-corrected chi connectivity index (χ0v) is 19.0. The Hall–Kier alpha value is -2.44. The van der Waals surface area contributed by atoms with E-state index in [2.05, 4.69) is 13.8 Å². The molecule has 2 aromatic rings. The first-order valence-corrected chi connectivity index (χ1v) is 11.6. The van der Waals surface area contributed by atoms with Gasteiger partial charge in [0, 0.05) is 11.5 Å². The molecule has 1 saturated heterocycles. The van der Waals surface area contributed by atoms with Crippen molar-refractivity contribution in [2.24, 2.45) is 5.92 Å². The van der Waals surface area contributed by atoms with Gasteiger partial charge in [0.05, 0.1) is 25.4 Å². The first kappa shape index (κ1) is 24.2. The number of hydrogen-bond donors (Lipinski definition) is 0. The molecule has 5 nitrogen and oxygen atoms in total. The third kappa shape index (κ3) is 7.04. The molecule has 174 valence electrons. The maximum Gasteiger partial charge on any atom is 0.343 e. The standard InChI is InChI=1S/C26H33FO5/c1-3-5-6-7-8-15-29-21-10-12-22(13-11-21)32-25(28)20-9-14-23(24(27)16-20)26-30-17-19(4-2)18-31-26/h9-14,16,19,26H,3-8,15,17-18H2,1-2H3. The van der Waals surface area contributed by atoms with Gasteiger partial charge in [0.25, 0.3) is 0 Å². The Bertz CT molecular complexity index is 844. The number of benzene rings is 2. The second-order valence-electron chi connectivity index (χ2n) is 8.13. The lowest BCUT2D eigenvalue weighted by Gasteiger charge is -2.29. The molecule has 32 heavy (non-hydrogen) atoms. The van der Waals surface area contributed by atoms with Gasteiger partial charge in [0.15, 0.2) is 6.29 Å². The van der Waals surface area contributed by atoms with Gasteiger partial charge in [-0.05, 0) is 49.2 Å². The molecule has 0 saturated carbocycles. The highest BCUT2D eigenvalue weighted by Gasteiger charge is 2.25. The molecule has 0 aromatic heterocycles. The molecule has 0 spiro atoms. The van der Waals surface area contributed by atoms with Crippen molar-refractivity contribution in [1.82, 2.24) is 0 Å². The predicted octanol–water partition coefficient (Wildman–Crippen LogP) is 6.47. The van der Waals surface area contributed by atoms with Gasteiger partial charge < -0.3 is 18.9 Å². The number of esters is 1. The molecule has 1 fully saturated rings. The molecule has 1 aliphatic rings. The lowest BCUT2D eigenvalue weighted by atomic mass is 10.1. The van der Waals surface area contributed by atoms with E-state index in [0.29, 0.717) is 31.5 Å². The summed E-state index contributed by atoms with van der Waals surface area (Å²) in [7, 11) is 0. The van der Waals surface area contributed by atoms with Crippen molar-refractivity contribution in [2.75, 3.05) is 19.8 Å². The van der Waals surface area contributed by atoms with Crippen LogP contribution < -0.4 is 9.47 Å². The highest BCUT2D eigenvalue weighted by molar-refractivity contribution is 5.91. The van der Waals surface area contributed by atoms with Crippen molar-refractivity contribution in [3.63, 3.8) is 0 Å². The number of halogens is 1. The number of ether oxygens (including phenoxy) is 4. The number of unbranched alkanes of at least 4 members (excludes halogenated alkanes) is 4. The summed E-state index contributed by atoms with van der Waals surface area (Å²) in [5, 5.41) is 0. The molecule has 2 aromatic carbocycles. The van der Waals surface area contributed by atoms with E-state index in [1.807, 2.05) is 0 Å². The fourth-order valence-corrected chi connectivity index (χ4v) is 3.47. The average molecular weight is 445 g/mol. The van der Waals surface area contributed by atoms with E-state index < -0.39 is 18.1 Å². The van der Waals surface area contributed by atoms with E-state index >= 15 is 0 Å². The lowest BCUT2D eigenvalue weighted by molar-refractivity contribution is -0.206. The van der Waals surface area contributed by atoms with Crippen molar-refractivity contribution in [1.29, 1.82) is 0 Å². The van der Waals surface area contributed by atoms with Gasteiger partial charge in [0.1, 0.15) is 17.3 Å². The molecule has 0 radical (unpaired) electrons. The Morgan fingerprint density at radius 1 is 0.969 bits per heavy atom. The minimum Gasteiger partial charge on any atom is -0.494 e. The number of carbonyl (C=O) groups is 1. The van der Waals surface area contributed by atoms with Crippen LogP contribution in [0.5, 0.6) is 11.5 Å². The van der Waals surface area contributed by atoms with Crippen molar-refractivity contribution < 1.29 is 28.1 Å². The van der Waals surface area contributed by atoms with Gasteiger partial charge in [-0.25, -0.2) is 9.18 Å². The fraction of sp³-hybridized carbons (Fsp3) is 0.500. The Balaban J connectivity index is 1.49. The molecule has 0 atom stereocenters. The minimum absolute atomic E-state index is 0.126. The van der Waals surface area contributed by atoms with Crippen LogP contribution >= 0.6 is 0 Å². The number of carbonyl (C=O) groups excluding carboxylic acids is 1. The maximum absolute atomic E-state index is 14.6. The highest BCUT2D eigenvalue weighted by Crippen LogP contribution is 2.29. The van der Waals surface area contributed by atoms with E-state index in [0.717, 1.165) is 31.1 Å². The normalized spacial score (nSPS) is 18.3. The summed E-state index contributed by atoms with van der Waals surface area (Å²) >= 11 is 0. The summed E-state index contributed by atoms with van der Waals surface area (Å²) in [5.74, 6) is 0.248. The van der Waals surface area contributed by atoms with Gasteiger partial charge in [-0.15, -0.1) is 0 Å². The van der Waals surface area contributed by atoms with Gasteiger partial charge in [-0.2, -0.15) is 0 Å². The topological polar surface area (TPSA) is 54.0 Å². The molecular weight excluding hydrogens is 411 g/mol. The minimum atomic E-state index is -0.748. The Kier molecular flexibility index (Phi) is 9.50. The van der Waals surface area contributed by atoms with E-state index in [-0.39, 0.29) is 11.1 Å². The van der Waals surface area contributed by atoms with E-state index in [1.54, 1.807) is 24.3 Å². The summed E-state index contributed by atoms with van der Waals surface area (Å²) in [4.78, 5) is 12.4. The first-order chi connectivity index (χ1) is 15.6. The van der Waals surface area contributed by atoms with Crippen molar-refractivity contribution in [3.8, 4) is 11.5 Å². The van der Waals surface area contributed by atoms with Crippen molar-refractivity contribution >= 4 is 5.97 Å². The summed E-state index contributed by atoms with van der Waals surface area (Å²) in [5.41, 5.74) is 0.410. The average Bonchev–Trinajstić information content (AvgIpc) is 2.82. The molecule has 6 heteroatoms. The summed E-state index contributed by atoms with van der Waals surface area (Å²) in [6, 6.07) is 11.1. The van der Waals surface area contributed by atoms with Gasteiger partial charge in [-0.1, -0.05) is 45.6 Å². The molecule has 0 N–H and O–H groups in total. The van der Waals surface area contributed by atoms with Crippen LogP contribution in [0.1, 0.15) is 74.6 Å². The third-order valence-corrected chi connectivity index (χ3v) is 5.58. The quantitative estimate of drug-likeness (QED) is 0.226. The van der Waals surface area contributed by atoms with Crippen LogP contribution in [0.25, 0.3) is 0 Å². The molecular formula is C26H33FO5. The van der Waals surface area contributed by atoms with Crippen LogP contribution in [0.4, 0.5) is 4.39 Å². The Labute approximate surface area is 189 Å². The van der Waals surface area contributed by atoms with Gasteiger partial charge >= 0.3 is 5.97 Å². The van der Waals surface area contributed by atoms with Gasteiger partial charge in [-0.3, -0.25) is 0 Å². The SMILES string of the molecule is CCCCCCCOc1ccc(OC(=O)c2ccc(C3OCC(CC)CO3)c(F)c2)cc1. The van der Waals surface area contributed by atoms with E-state index in [4.69, 9.17) is 18.9 Å². The van der Waals surface area contributed by atoms with Crippen LogP contribution in [0.2, 0.25) is 0 Å². The molecule has 0 amide bonds. The second-order valence-corrected chi connectivity index (χ2v) is 8.13. The summed E-state index contributed by atoms with van der Waals surface area (Å²) in [6.45, 7) is 5.99. The molecule has 3 rings (SSSR count).